The molecular weight excluding hydrogens is 455 g/mol. The zero-order valence-electron chi connectivity index (χ0n) is 16.7. The zero-order valence-corrected chi connectivity index (χ0v) is 18.2. The third-order valence-electron chi connectivity index (χ3n) is 4.45. The van der Waals surface area contributed by atoms with E-state index in [1.54, 1.807) is 25.1 Å². The molecule has 1 atom stereocenters. The molecule has 2 aromatic carbocycles. The second-order valence-corrected chi connectivity index (χ2v) is 8.04. The van der Waals surface area contributed by atoms with Crippen LogP contribution in [-0.2, 0) is 15.7 Å². The van der Waals surface area contributed by atoms with Crippen LogP contribution in [0.15, 0.2) is 41.2 Å². The average Bonchev–Trinajstić information content (AvgIpc) is 3.02. The highest BCUT2D eigenvalue weighted by Gasteiger charge is 2.31. The molecule has 0 spiro atoms. The van der Waals surface area contributed by atoms with Crippen LogP contribution in [-0.4, -0.2) is 23.2 Å². The Morgan fingerprint density at radius 2 is 1.94 bits per heavy atom. The number of fused-ring (bicyclic) bond motifs is 1. The molecule has 3 rings (SSSR count). The molecule has 0 bridgehead atoms. The van der Waals surface area contributed by atoms with Crippen molar-refractivity contribution in [3.8, 4) is 11.4 Å². The van der Waals surface area contributed by atoms with Crippen molar-refractivity contribution in [2.75, 3.05) is 6.61 Å². The van der Waals surface area contributed by atoms with E-state index in [2.05, 4.69) is 0 Å². The number of thiazole rings is 1. The maximum Gasteiger partial charge on any atom is 0.416 e. The van der Waals surface area contributed by atoms with Gasteiger partial charge in [0.25, 0.3) is 0 Å². The van der Waals surface area contributed by atoms with Crippen molar-refractivity contribution in [3.05, 3.63) is 56.7 Å². The Morgan fingerprint density at radius 1 is 1.19 bits per heavy atom. The van der Waals surface area contributed by atoms with E-state index in [-0.39, 0.29) is 17.3 Å². The van der Waals surface area contributed by atoms with Gasteiger partial charge in [0.15, 0.2) is 6.10 Å². The van der Waals surface area contributed by atoms with E-state index in [1.807, 2.05) is 6.92 Å². The lowest BCUT2D eigenvalue weighted by atomic mass is 10.2. The number of esters is 1. The van der Waals surface area contributed by atoms with Gasteiger partial charge in [-0.1, -0.05) is 36.3 Å². The molecule has 1 unspecified atom stereocenters. The summed E-state index contributed by atoms with van der Waals surface area (Å²) >= 11 is 6.96. The van der Waals surface area contributed by atoms with Gasteiger partial charge in [-0.3, -0.25) is 9.36 Å². The Morgan fingerprint density at radius 3 is 2.55 bits per heavy atom. The third kappa shape index (κ3) is 5.04. The van der Waals surface area contributed by atoms with Gasteiger partial charge in [0.2, 0.25) is 0 Å². The van der Waals surface area contributed by atoms with Crippen molar-refractivity contribution < 1.29 is 27.4 Å². The molecular formula is C21H19ClF3NO4S. The van der Waals surface area contributed by atoms with Gasteiger partial charge in [0.05, 0.1) is 33.1 Å². The second kappa shape index (κ2) is 9.32. The Labute approximate surface area is 185 Å². The van der Waals surface area contributed by atoms with Crippen LogP contribution in [0.3, 0.4) is 0 Å². The predicted molar refractivity (Wildman–Crippen MR) is 113 cm³/mol. The molecule has 1 aromatic heterocycles. The summed E-state index contributed by atoms with van der Waals surface area (Å²) in [6.45, 7) is 3.86. The molecule has 0 aliphatic rings. The van der Waals surface area contributed by atoms with Crippen molar-refractivity contribution in [1.82, 2.24) is 4.57 Å². The molecule has 0 aliphatic carbocycles. The largest absolute Gasteiger partial charge is 0.479 e. The fourth-order valence-corrected chi connectivity index (χ4v) is 4.23. The summed E-state index contributed by atoms with van der Waals surface area (Å²) in [6.07, 6.45) is -4.13. The third-order valence-corrected chi connectivity index (χ3v) is 5.65. The van der Waals surface area contributed by atoms with Crippen molar-refractivity contribution >= 4 is 39.1 Å². The Balaban J connectivity index is 1.98. The van der Waals surface area contributed by atoms with Gasteiger partial charge >= 0.3 is 17.0 Å². The minimum atomic E-state index is -4.54. The normalized spacial score (nSPS) is 12.7. The summed E-state index contributed by atoms with van der Waals surface area (Å²) in [5, 5.41) is -0.192. The van der Waals surface area contributed by atoms with Gasteiger partial charge < -0.3 is 9.47 Å². The average molecular weight is 474 g/mol. The van der Waals surface area contributed by atoms with Gasteiger partial charge in [0.1, 0.15) is 5.75 Å². The SMILES string of the molecule is CCCC(Oc1ccc2c(c1)sc(=O)n2-c1ccc(C(F)(F)F)cc1Cl)C(=O)OCC. The zero-order chi connectivity index (χ0) is 22.8. The minimum absolute atomic E-state index is 0.148. The summed E-state index contributed by atoms with van der Waals surface area (Å²) in [6, 6.07) is 7.64. The van der Waals surface area contributed by atoms with Gasteiger partial charge in [-0.15, -0.1) is 0 Å². The lowest BCUT2D eigenvalue weighted by molar-refractivity contribution is -0.151. The van der Waals surface area contributed by atoms with Gasteiger partial charge in [-0.25, -0.2) is 4.79 Å². The van der Waals surface area contributed by atoms with Crippen molar-refractivity contribution in [2.45, 2.75) is 39.0 Å². The number of benzene rings is 2. The van der Waals surface area contributed by atoms with Crippen LogP contribution >= 0.6 is 22.9 Å². The molecule has 0 saturated carbocycles. The van der Waals surface area contributed by atoms with Crippen LogP contribution in [0.1, 0.15) is 32.3 Å². The predicted octanol–water partition coefficient (Wildman–Crippen LogP) is 5.84. The van der Waals surface area contributed by atoms with Crippen LogP contribution < -0.4 is 9.61 Å². The van der Waals surface area contributed by atoms with Crippen LogP contribution in [0, 0.1) is 0 Å². The molecule has 1 heterocycles. The van der Waals surface area contributed by atoms with Crippen molar-refractivity contribution in [3.63, 3.8) is 0 Å². The van der Waals surface area contributed by atoms with Gasteiger partial charge in [-0.2, -0.15) is 13.2 Å². The highest BCUT2D eigenvalue weighted by atomic mass is 35.5. The van der Waals surface area contributed by atoms with E-state index in [1.165, 1.54) is 10.6 Å². The lowest BCUT2D eigenvalue weighted by Crippen LogP contribution is -2.29. The topological polar surface area (TPSA) is 57.5 Å². The number of aromatic nitrogens is 1. The molecule has 0 radical (unpaired) electrons. The summed E-state index contributed by atoms with van der Waals surface area (Å²) in [4.78, 5) is 24.3. The highest BCUT2D eigenvalue weighted by molar-refractivity contribution is 7.16. The number of halogens is 4. The number of carbonyl (C=O) groups is 1. The van der Waals surface area contributed by atoms with E-state index < -0.39 is 28.7 Å². The number of rotatable bonds is 7. The molecule has 0 fully saturated rings. The molecule has 31 heavy (non-hydrogen) atoms. The van der Waals surface area contributed by atoms with Crippen LogP contribution in [0.25, 0.3) is 15.9 Å². The lowest BCUT2D eigenvalue weighted by Gasteiger charge is -2.17. The summed E-state index contributed by atoms with van der Waals surface area (Å²) in [7, 11) is 0. The standard InChI is InChI=1S/C21H19ClF3NO4S/c1-3-5-17(19(27)29-4-2)30-13-7-9-16-18(11-13)31-20(28)26(16)15-8-6-12(10-14(15)22)21(23,24)25/h6-11,17H,3-5H2,1-2H3. The molecule has 10 heteroatoms. The first-order valence-electron chi connectivity index (χ1n) is 9.51. The smallest absolute Gasteiger partial charge is 0.416 e. The quantitative estimate of drug-likeness (QED) is 0.405. The van der Waals surface area contributed by atoms with Gasteiger partial charge in [-0.05, 0) is 49.7 Å². The van der Waals surface area contributed by atoms with Crippen LogP contribution in [0.5, 0.6) is 5.75 Å². The number of hydrogen-bond acceptors (Lipinski definition) is 5. The van der Waals surface area contributed by atoms with Crippen molar-refractivity contribution in [1.29, 1.82) is 0 Å². The first kappa shape index (κ1) is 23.1. The van der Waals surface area contributed by atoms with Crippen LogP contribution in [0.4, 0.5) is 13.2 Å². The molecule has 3 aromatic rings. The van der Waals surface area contributed by atoms with Gasteiger partial charge in [0, 0.05) is 0 Å². The molecule has 0 aliphatic heterocycles. The fourth-order valence-electron chi connectivity index (χ4n) is 3.05. The molecule has 0 N–H and O–H groups in total. The van der Waals surface area contributed by atoms with E-state index >= 15 is 0 Å². The van der Waals surface area contributed by atoms with E-state index in [4.69, 9.17) is 21.1 Å². The Bertz CT molecular complexity index is 1160. The maximum atomic E-state index is 12.9. The first-order chi connectivity index (χ1) is 14.7. The number of carbonyl (C=O) groups excluding carboxylic acids is 1. The monoisotopic (exact) mass is 473 g/mol. The van der Waals surface area contributed by atoms with Crippen molar-refractivity contribution in [2.24, 2.45) is 0 Å². The molecule has 166 valence electrons. The summed E-state index contributed by atoms with van der Waals surface area (Å²) in [5.41, 5.74) is -0.285. The maximum absolute atomic E-state index is 12.9. The molecule has 0 amide bonds. The Kier molecular flexibility index (Phi) is 6.96. The first-order valence-corrected chi connectivity index (χ1v) is 10.7. The number of nitrogens with zero attached hydrogens (tertiary/aromatic N) is 1. The molecule has 0 saturated heterocycles. The second-order valence-electron chi connectivity index (χ2n) is 6.64. The minimum Gasteiger partial charge on any atom is -0.479 e. The summed E-state index contributed by atoms with van der Waals surface area (Å²) < 4.78 is 51.3. The summed E-state index contributed by atoms with van der Waals surface area (Å²) in [5.74, 6) is -0.0855. The number of alkyl halides is 3. The fraction of sp³-hybridized carbons (Fsp3) is 0.333. The van der Waals surface area contributed by atoms with E-state index in [0.29, 0.717) is 28.8 Å². The highest BCUT2D eigenvalue weighted by Crippen LogP contribution is 2.34. The molecule has 5 nitrogen and oxygen atoms in total. The van der Waals surface area contributed by atoms with Crippen LogP contribution in [0.2, 0.25) is 5.02 Å². The number of ether oxygens (including phenoxy) is 2. The Hall–Kier alpha value is -2.52. The van der Waals surface area contributed by atoms with E-state index in [9.17, 15) is 22.8 Å². The number of hydrogen-bond donors (Lipinski definition) is 0. The van der Waals surface area contributed by atoms with E-state index in [0.717, 1.165) is 23.5 Å².